The van der Waals surface area contributed by atoms with Crippen LogP contribution in [0, 0.1) is 0 Å². The van der Waals surface area contributed by atoms with Gasteiger partial charge in [-0.3, -0.25) is 0 Å². The van der Waals surface area contributed by atoms with Crippen molar-refractivity contribution in [1.29, 1.82) is 0 Å². The van der Waals surface area contributed by atoms with Gasteiger partial charge >= 0.3 is 0 Å². The summed E-state index contributed by atoms with van der Waals surface area (Å²) >= 11 is 0. The molecule has 2 aromatic rings. The van der Waals surface area contributed by atoms with Crippen LogP contribution in [0.5, 0.6) is 0 Å². The zero-order valence-electron chi connectivity index (χ0n) is 9.50. The molecule has 0 bridgehead atoms. The van der Waals surface area contributed by atoms with Gasteiger partial charge in [0.05, 0.1) is 26.9 Å². The summed E-state index contributed by atoms with van der Waals surface area (Å²) in [6.45, 7) is 0. The molecule has 0 aromatic heterocycles. The minimum atomic E-state index is -3.67. The van der Waals surface area contributed by atoms with Gasteiger partial charge in [-0.2, -0.15) is 0 Å². The highest BCUT2D eigenvalue weighted by atomic mass is 32.2. The number of benzene rings is 2. The molecule has 0 heterocycles. The summed E-state index contributed by atoms with van der Waals surface area (Å²) < 4.78 is 24.7. The van der Waals surface area contributed by atoms with Gasteiger partial charge in [0.25, 0.3) is 0 Å². The highest BCUT2D eigenvalue weighted by molar-refractivity contribution is 7.91. The van der Waals surface area contributed by atoms with Crippen molar-refractivity contribution in [3.05, 3.63) is 42.5 Å². The van der Waals surface area contributed by atoms with Crippen LogP contribution < -0.4 is 17.2 Å². The lowest BCUT2D eigenvalue weighted by Crippen LogP contribution is -2.09. The van der Waals surface area contributed by atoms with Crippen LogP contribution in [0.4, 0.5) is 17.1 Å². The number of nitrogens with two attached hydrogens (primary N) is 3. The second kappa shape index (κ2) is 4.23. The largest absolute Gasteiger partial charge is 0.397 e. The van der Waals surface area contributed by atoms with Crippen LogP contribution in [0.1, 0.15) is 0 Å². The normalized spacial score (nSPS) is 11.3. The van der Waals surface area contributed by atoms with Crippen LogP contribution >= 0.6 is 0 Å². The molecule has 0 saturated carbocycles. The minimum absolute atomic E-state index is 0.0150. The molecule has 0 aliphatic rings. The van der Waals surface area contributed by atoms with E-state index in [0.717, 1.165) is 0 Å². The molecule has 6 heteroatoms. The Labute approximate surface area is 105 Å². The van der Waals surface area contributed by atoms with Gasteiger partial charge in [0.1, 0.15) is 0 Å². The molecule has 0 spiro atoms. The Morgan fingerprint density at radius 3 is 2.00 bits per heavy atom. The molecule has 18 heavy (non-hydrogen) atoms. The fourth-order valence-electron chi connectivity index (χ4n) is 1.59. The van der Waals surface area contributed by atoms with Crippen molar-refractivity contribution in [3.63, 3.8) is 0 Å². The molecule has 5 nitrogen and oxygen atoms in total. The number of hydrogen-bond donors (Lipinski definition) is 3. The quantitative estimate of drug-likeness (QED) is 0.706. The molecule has 2 rings (SSSR count). The van der Waals surface area contributed by atoms with Crippen LogP contribution in [0.2, 0.25) is 0 Å². The van der Waals surface area contributed by atoms with Gasteiger partial charge in [0.2, 0.25) is 9.84 Å². The lowest BCUT2D eigenvalue weighted by molar-refractivity contribution is 0.596. The first kappa shape index (κ1) is 12.3. The molecule has 0 radical (unpaired) electrons. The number of anilines is 3. The van der Waals surface area contributed by atoms with Crippen LogP contribution in [0.25, 0.3) is 0 Å². The van der Waals surface area contributed by atoms with Crippen molar-refractivity contribution in [2.45, 2.75) is 9.79 Å². The van der Waals surface area contributed by atoms with Crippen LogP contribution in [0.3, 0.4) is 0 Å². The van der Waals surface area contributed by atoms with Gasteiger partial charge in [-0.15, -0.1) is 0 Å². The first-order valence-electron chi connectivity index (χ1n) is 5.18. The predicted octanol–water partition coefficient (Wildman–Crippen LogP) is 1.27. The molecule has 2 aromatic carbocycles. The van der Waals surface area contributed by atoms with Crippen LogP contribution in [-0.4, -0.2) is 8.42 Å². The van der Waals surface area contributed by atoms with E-state index in [0.29, 0.717) is 0 Å². The van der Waals surface area contributed by atoms with E-state index in [1.165, 1.54) is 24.3 Å². The van der Waals surface area contributed by atoms with E-state index in [2.05, 4.69) is 0 Å². The molecule has 94 valence electrons. The minimum Gasteiger partial charge on any atom is -0.397 e. The standard InChI is InChI=1S/C12H13N3O2S/c13-9-6-7-10(12(15)11(9)14)18(16,17)8-4-2-1-3-5-8/h1-7H,13-15H2. The van der Waals surface area contributed by atoms with Gasteiger partial charge < -0.3 is 17.2 Å². The highest BCUT2D eigenvalue weighted by Gasteiger charge is 2.21. The Hall–Kier alpha value is -2.21. The molecule has 0 aliphatic heterocycles. The van der Waals surface area contributed by atoms with Crippen LogP contribution in [0.15, 0.2) is 52.3 Å². The number of nitrogen functional groups attached to an aromatic ring is 3. The van der Waals surface area contributed by atoms with Crippen LogP contribution in [-0.2, 0) is 9.84 Å². The lowest BCUT2D eigenvalue weighted by Gasteiger charge is -2.11. The summed E-state index contributed by atoms with van der Waals surface area (Å²) in [7, 11) is -3.67. The van der Waals surface area contributed by atoms with E-state index >= 15 is 0 Å². The molecule has 0 saturated heterocycles. The predicted molar refractivity (Wildman–Crippen MR) is 71.6 cm³/mol. The van der Waals surface area contributed by atoms with Gasteiger partial charge in [0, 0.05) is 0 Å². The monoisotopic (exact) mass is 263 g/mol. The molecule has 0 amide bonds. The third-order valence-electron chi connectivity index (χ3n) is 2.62. The second-order valence-corrected chi connectivity index (χ2v) is 5.71. The average Bonchev–Trinajstić information content (AvgIpc) is 2.37. The molecule has 0 atom stereocenters. The zero-order valence-corrected chi connectivity index (χ0v) is 10.3. The fraction of sp³-hybridized carbons (Fsp3) is 0. The molecular formula is C12H13N3O2S. The first-order valence-corrected chi connectivity index (χ1v) is 6.66. The Balaban J connectivity index is 2.67. The van der Waals surface area contributed by atoms with Gasteiger partial charge in [-0.1, -0.05) is 18.2 Å². The first-order chi connectivity index (χ1) is 8.44. The summed E-state index contributed by atoms with van der Waals surface area (Å²) in [6.07, 6.45) is 0. The maximum absolute atomic E-state index is 12.3. The highest BCUT2D eigenvalue weighted by Crippen LogP contribution is 2.32. The summed E-state index contributed by atoms with van der Waals surface area (Å²) in [5.74, 6) is 0. The van der Waals surface area contributed by atoms with Gasteiger partial charge in [-0.25, -0.2) is 8.42 Å². The van der Waals surface area contributed by atoms with E-state index in [9.17, 15) is 8.42 Å². The average molecular weight is 263 g/mol. The summed E-state index contributed by atoms with van der Waals surface area (Å²) in [4.78, 5) is 0.140. The van der Waals surface area contributed by atoms with Crippen molar-refractivity contribution in [3.8, 4) is 0 Å². The zero-order chi connectivity index (χ0) is 13.3. The third-order valence-corrected chi connectivity index (χ3v) is 4.45. The van der Waals surface area contributed by atoms with Crippen molar-refractivity contribution >= 4 is 26.9 Å². The van der Waals surface area contributed by atoms with Crippen molar-refractivity contribution in [1.82, 2.24) is 0 Å². The maximum Gasteiger partial charge on any atom is 0.208 e. The number of sulfone groups is 1. The molecular weight excluding hydrogens is 250 g/mol. The Kier molecular flexibility index (Phi) is 2.88. The van der Waals surface area contributed by atoms with Crippen molar-refractivity contribution in [2.75, 3.05) is 17.2 Å². The molecule has 0 aliphatic carbocycles. The number of hydrogen-bond acceptors (Lipinski definition) is 5. The smallest absolute Gasteiger partial charge is 0.208 e. The van der Waals surface area contributed by atoms with E-state index in [4.69, 9.17) is 17.2 Å². The van der Waals surface area contributed by atoms with E-state index in [1.54, 1.807) is 18.2 Å². The Bertz CT molecular complexity index is 682. The summed E-state index contributed by atoms with van der Waals surface area (Å²) in [5.41, 5.74) is 17.3. The summed E-state index contributed by atoms with van der Waals surface area (Å²) in [5, 5.41) is 0. The molecule has 0 unspecified atom stereocenters. The fourth-order valence-corrected chi connectivity index (χ4v) is 3.01. The Morgan fingerprint density at radius 1 is 0.778 bits per heavy atom. The topological polar surface area (TPSA) is 112 Å². The maximum atomic E-state index is 12.3. The SMILES string of the molecule is Nc1ccc(S(=O)(=O)c2ccccc2)c(N)c1N. The van der Waals surface area contributed by atoms with Gasteiger partial charge in [-0.05, 0) is 24.3 Å². The van der Waals surface area contributed by atoms with E-state index in [1.807, 2.05) is 0 Å². The molecule has 6 N–H and O–H groups in total. The lowest BCUT2D eigenvalue weighted by atomic mass is 10.2. The Morgan fingerprint density at radius 2 is 1.39 bits per heavy atom. The van der Waals surface area contributed by atoms with E-state index < -0.39 is 9.84 Å². The second-order valence-electron chi connectivity index (χ2n) is 3.80. The number of rotatable bonds is 2. The van der Waals surface area contributed by atoms with Crippen molar-refractivity contribution in [2.24, 2.45) is 0 Å². The van der Waals surface area contributed by atoms with Gasteiger partial charge in [0.15, 0.2) is 0 Å². The third kappa shape index (κ3) is 1.86. The van der Waals surface area contributed by atoms with E-state index in [-0.39, 0.29) is 26.9 Å². The molecule has 0 fully saturated rings. The summed E-state index contributed by atoms with van der Waals surface area (Å²) in [6, 6.07) is 10.8. The van der Waals surface area contributed by atoms with Crippen molar-refractivity contribution < 1.29 is 8.42 Å².